The molecule has 0 aromatic rings. The first-order valence-corrected chi connectivity index (χ1v) is 9.00. The van der Waals surface area contributed by atoms with E-state index in [0.29, 0.717) is 0 Å². The summed E-state index contributed by atoms with van der Waals surface area (Å²) in [6.07, 6.45) is 21.4. The summed E-state index contributed by atoms with van der Waals surface area (Å²) in [6.45, 7) is 4.54. The molecular formula is C19H39N. The second-order valence-electron chi connectivity index (χ2n) is 6.45. The third-order valence-electron chi connectivity index (χ3n) is 4.28. The van der Waals surface area contributed by atoms with Crippen LogP contribution in [0.2, 0.25) is 0 Å². The van der Waals surface area contributed by atoms with E-state index in [1.54, 1.807) is 0 Å². The molecule has 1 nitrogen and oxygen atoms in total. The van der Waals surface area contributed by atoms with Gasteiger partial charge in [0.1, 0.15) is 0 Å². The summed E-state index contributed by atoms with van der Waals surface area (Å²) >= 11 is 0. The molecule has 0 aromatic carbocycles. The van der Waals surface area contributed by atoms with E-state index in [0.717, 1.165) is 6.04 Å². The fraction of sp³-hybridized carbons (Fsp3) is 0.895. The number of hydrogen-bond donors (Lipinski definition) is 0. The van der Waals surface area contributed by atoms with Crippen LogP contribution in [-0.4, -0.2) is 25.0 Å². The standard InChI is InChI=1S/C19H39N/c1-5-6-7-8-9-10-11-12-13-14-15-16-17-18-19(2)20(3)4/h6-7,19H,5,8-18H2,1-4H3/b7-6-. The lowest BCUT2D eigenvalue weighted by Gasteiger charge is -2.19. The molecule has 1 heteroatoms. The second-order valence-corrected chi connectivity index (χ2v) is 6.45. The highest BCUT2D eigenvalue weighted by Crippen LogP contribution is 2.13. The zero-order valence-corrected chi connectivity index (χ0v) is 14.7. The lowest BCUT2D eigenvalue weighted by Crippen LogP contribution is -2.24. The molecule has 0 aliphatic heterocycles. The molecule has 0 saturated carbocycles. The molecular weight excluding hydrogens is 242 g/mol. The fourth-order valence-corrected chi connectivity index (χ4v) is 2.48. The highest BCUT2D eigenvalue weighted by Gasteiger charge is 2.02. The van der Waals surface area contributed by atoms with Crippen LogP contribution < -0.4 is 0 Å². The molecule has 0 amide bonds. The highest BCUT2D eigenvalue weighted by molar-refractivity contribution is 4.79. The zero-order chi connectivity index (χ0) is 15.1. The van der Waals surface area contributed by atoms with Crippen molar-refractivity contribution in [1.29, 1.82) is 0 Å². The molecule has 0 spiro atoms. The highest BCUT2D eigenvalue weighted by atomic mass is 15.1. The van der Waals surface area contributed by atoms with Crippen LogP contribution in [0.25, 0.3) is 0 Å². The molecule has 0 aliphatic rings. The van der Waals surface area contributed by atoms with Crippen molar-refractivity contribution >= 4 is 0 Å². The van der Waals surface area contributed by atoms with Gasteiger partial charge in [0.2, 0.25) is 0 Å². The Morgan fingerprint density at radius 2 is 1.25 bits per heavy atom. The lowest BCUT2D eigenvalue weighted by molar-refractivity contribution is 0.291. The summed E-state index contributed by atoms with van der Waals surface area (Å²) in [5.41, 5.74) is 0. The van der Waals surface area contributed by atoms with Crippen molar-refractivity contribution in [1.82, 2.24) is 4.90 Å². The maximum atomic E-state index is 2.34. The molecule has 1 unspecified atom stereocenters. The van der Waals surface area contributed by atoms with Crippen molar-refractivity contribution in [2.75, 3.05) is 14.1 Å². The van der Waals surface area contributed by atoms with E-state index in [1.807, 2.05) is 0 Å². The SMILES string of the molecule is CC/C=C\CCCCCCCCCCCC(C)N(C)C. The van der Waals surface area contributed by atoms with E-state index in [4.69, 9.17) is 0 Å². The topological polar surface area (TPSA) is 3.24 Å². The maximum Gasteiger partial charge on any atom is 0.00608 e. The molecule has 0 bridgehead atoms. The second kappa shape index (κ2) is 15.1. The number of hydrogen-bond acceptors (Lipinski definition) is 1. The first kappa shape index (κ1) is 19.7. The van der Waals surface area contributed by atoms with Crippen molar-refractivity contribution in [3.05, 3.63) is 12.2 Å². The van der Waals surface area contributed by atoms with Crippen molar-refractivity contribution in [3.63, 3.8) is 0 Å². The van der Waals surface area contributed by atoms with Gasteiger partial charge < -0.3 is 4.90 Å². The molecule has 0 fully saturated rings. The third-order valence-corrected chi connectivity index (χ3v) is 4.28. The number of nitrogens with zero attached hydrogens (tertiary/aromatic N) is 1. The zero-order valence-electron chi connectivity index (χ0n) is 14.7. The first-order valence-electron chi connectivity index (χ1n) is 9.00. The Hall–Kier alpha value is -0.300. The molecule has 0 rings (SSSR count). The van der Waals surface area contributed by atoms with Gasteiger partial charge in [-0.1, -0.05) is 70.4 Å². The molecule has 120 valence electrons. The van der Waals surface area contributed by atoms with Gasteiger partial charge in [0.05, 0.1) is 0 Å². The van der Waals surface area contributed by atoms with Crippen LogP contribution in [0.4, 0.5) is 0 Å². The van der Waals surface area contributed by atoms with Crippen molar-refractivity contribution in [2.45, 2.75) is 96.9 Å². The first-order chi connectivity index (χ1) is 9.68. The van der Waals surface area contributed by atoms with E-state index in [2.05, 4.69) is 45.0 Å². The Labute approximate surface area is 128 Å². The predicted octanol–water partition coefficient (Wildman–Crippen LogP) is 6.19. The van der Waals surface area contributed by atoms with Crippen molar-refractivity contribution in [3.8, 4) is 0 Å². The van der Waals surface area contributed by atoms with Gasteiger partial charge in [-0.25, -0.2) is 0 Å². The third kappa shape index (κ3) is 14.1. The minimum atomic E-state index is 0.747. The van der Waals surface area contributed by atoms with Gasteiger partial charge in [-0.15, -0.1) is 0 Å². The molecule has 20 heavy (non-hydrogen) atoms. The molecule has 0 aromatic heterocycles. The van der Waals surface area contributed by atoms with Gasteiger partial charge in [0.25, 0.3) is 0 Å². The van der Waals surface area contributed by atoms with Crippen LogP contribution >= 0.6 is 0 Å². The van der Waals surface area contributed by atoms with E-state index in [1.165, 1.54) is 77.0 Å². The maximum absolute atomic E-state index is 2.34. The minimum absolute atomic E-state index is 0.747. The number of allylic oxidation sites excluding steroid dienone is 2. The Morgan fingerprint density at radius 3 is 1.75 bits per heavy atom. The van der Waals surface area contributed by atoms with Crippen LogP contribution in [-0.2, 0) is 0 Å². The Morgan fingerprint density at radius 1 is 0.750 bits per heavy atom. The number of rotatable bonds is 14. The molecule has 0 aliphatic carbocycles. The van der Waals surface area contributed by atoms with E-state index in [9.17, 15) is 0 Å². The van der Waals surface area contributed by atoms with E-state index >= 15 is 0 Å². The Balaban J connectivity index is 3.08. The predicted molar refractivity (Wildman–Crippen MR) is 93.4 cm³/mol. The van der Waals surface area contributed by atoms with E-state index < -0.39 is 0 Å². The smallest absolute Gasteiger partial charge is 0.00608 e. The van der Waals surface area contributed by atoms with Gasteiger partial charge in [-0.2, -0.15) is 0 Å². The van der Waals surface area contributed by atoms with Crippen LogP contribution in [0.3, 0.4) is 0 Å². The molecule has 0 saturated heterocycles. The normalized spacial score (nSPS) is 13.4. The number of unbranched alkanes of at least 4 members (excludes halogenated alkanes) is 9. The largest absolute Gasteiger partial charge is 0.307 e. The van der Waals surface area contributed by atoms with Gasteiger partial charge in [0, 0.05) is 6.04 Å². The summed E-state index contributed by atoms with van der Waals surface area (Å²) in [7, 11) is 4.37. The quantitative estimate of drug-likeness (QED) is 0.271. The van der Waals surface area contributed by atoms with Gasteiger partial charge in [0.15, 0.2) is 0 Å². The average Bonchev–Trinajstić information content (AvgIpc) is 2.43. The summed E-state index contributed by atoms with van der Waals surface area (Å²) < 4.78 is 0. The summed E-state index contributed by atoms with van der Waals surface area (Å²) in [5.74, 6) is 0. The summed E-state index contributed by atoms with van der Waals surface area (Å²) in [6, 6.07) is 0.747. The summed E-state index contributed by atoms with van der Waals surface area (Å²) in [4.78, 5) is 2.33. The van der Waals surface area contributed by atoms with Gasteiger partial charge in [-0.3, -0.25) is 0 Å². The summed E-state index contributed by atoms with van der Waals surface area (Å²) in [5, 5.41) is 0. The van der Waals surface area contributed by atoms with Gasteiger partial charge >= 0.3 is 0 Å². The lowest BCUT2D eigenvalue weighted by atomic mass is 10.0. The van der Waals surface area contributed by atoms with Crippen LogP contribution in [0.5, 0.6) is 0 Å². The molecule has 0 heterocycles. The van der Waals surface area contributed by atoms with Crippen LogP contribution in [0.1, 0.15) is 90.9 Å². The van der Waals surface area contributed by atoms with Crippen LogP contribution in [0.15, 0.2) is 12.2 Å². The Bertz CT molecular complexity index is 208. The van der Waals surface area contributed by atoms with Crippen LogP contribution in [0, 0.1) is 0 Å². The molecule has 0 radical (unpaired) electrons. The average molecular weight is 282 g/mol. The van der Waals surface area contributed by atoms with Crippen molar-refractivity contribution < 1.29 is 0 Å². The minimum Gasteiger partial charge on any atom is -0.307 e. The van der Waals surface area contributed by atoms with Gasteiger partial charge in [-0.05, 0) is 46.7 Å². The molecule has 0 N–H and O–H groups in total. The van der Waals surface area contributed by atoms with E-state index in [-0.39, 0.29) is 0 Å². The Kier molecular flexibility index (Phi) is 14.9. The van der Waals surface area contributed by atoms with Crippen molar-refractivity contribution in [2.24, 2.45) is 0 Å². The fourth-order valence-electron chi connectivity index (χ4n) is 2.48. The monoisotopic (exact) mass is 281 g/mol. The molecule has 1 atom stereocenters.